The summed E-state index contributed by atoms with van der Waals surface area (Å²) in [5, 5.41) is 10.3. The van der Waals surface area contributed by atoms with E-state index in [2.05, 4.69) is 12.6 Å². The number of aryl methyl sites for hydroxylation is 1. The first-order chi connectivity index (χ1) is 5.54. The van der Waals surface area contributed by atoms with Crippen molar-refractivity contribution in [2.24, 2.45) is 0 Å². The molecule has 1 aromatic rings. The molecule has 0 amide bonds. The highest BCUT2D eigenvalue weighted by atomic mass is 32.1. The molecule has 0 aromatic heterocycles. The summed E-state index contributed by atoms with van der Waals surface area (Å²) < 4.78 is 13.0. The molecule has 0 spiro atoms. The molecule has 0 N–H and O–H groups in total. The lowest BCUT2D eigenvalue weighted by atomic mass is 10.2. The molecule has 0 atom stereocenters. The van der Waals surface area contributed by atoms with Gasteiger partial charge in [-0.1, -0.05) is 6.07 Å². The van der Waals surface area contributed by atoms with Gasteiger partial charge in [0.15, 0.2) is 0 Å². The van der Waals surface area contributed by atoms with Crippen molar-refractivity contribution in [3.05, 3.63) is 33.6 Å². The average molecular weight is 187 g/mol. The van der Waals surface area contributed by atoms with E-state index in [0.29, 0.717) is 0 Å². The molecule has 5 heteroatoms. The number of hydrogen-bond acceptors (Lipinski definition) is 3. The van der Waals surface area contributed by atoms with E-state index in [0.717, 1.165) is 0 Å². The van der Waals surface area contributed by atoms with E-state index in [-0.39, 0.29) is 10.5 Å². The third-order valence-corrected chi connectivity index (χ3v) is 1.83. The Labute approximate surface area is 73.8 Å². The zero-order chi connectivity index (χ0) is 9.30. The van der Waals surface area contributed by atoms with Crippen molar-refractivity contribution in [3.8, 4) is 0 Å². The summed E-state index contributed by atoms with van der Waals surface area (Å²) in [7, 11) is 0. The van der Waals surface area contributed by atoms with Crippen molar-refractivity contribution >= 4 is 18.3 Å². The highest BCUT2D eigenvalue weighted by Gasteiger charge is 2.19. The third-order valence-electron chi connectivity index (χ3n) is 1.47. The maximum absolute atomic E-state index is 13.0. The van der Waals surface area contributed by atoms with Crippen LogP contribution >= 0.6 is 12.6 Å². The fraction of sp³-hybridized carbons (Fsp3) is 0.143. The number of thiol groups is 1. The lowest BCUT2D eigenvalue weighted by Crippen LogP contribution is -1.95. The van der Waals surface area contributed by atoms with Gasteiger partial charge < -0.3 is 0 Å². The van der Waals surface area contributed by atoms with Crippen LogP contribution in [0.15, 0.2) is 17.0 Å². The number of nitro groups is 1. The van der Waals surface area contributed by atoms with E-state index in [4.69, 9.17) is 0 Å². The molecule has 0 radical (unpaired) electrons. The van der Waals surface area contributed by atoms with Crippen LogP contribution in [0.25, 0.3) is 0 Å². The quantitative estimate of drug-likeness (QED) is 0.416. The van der Waals surface area contributed by atoms with Gasteiger partial charge in [-0.25, -0.2) is 0 Å². The topological polar surface area (TPSA) is 43.1 Å². The number of hydrogen-bond donors (Lipinski definition) is 1. The summed E-state index contributed by atoms with van der Waals surface area (Å²) in [6, 6.07) is 2.85. The van der Waals surface area contributed by atoms with Gasteiger partial charge in [0.25, 0.3) is 0 Å². The van der Waals surface area contributed by atoms with Gasteiger partial charge in [-0.15, -0.1) is 12.6 Å². The van der Waals surface area contributed by atoms with E-state index in [1.54, 1.807) is 0 Å². The zero-order valence-corrected chi connectivity index (χ0v) is 7.14. The Bertz CT molecular complexity index is 340. The molecule has 0 aliphatic carbocycles. The fourth-order valence-electron chi connectivity index (χ4n) is 0.829. The van der Waals surface area contributed by atoms with Crippen molar-refractivity contribution in [1.29, 1.82) is 0 Å². The molecular formula is C7H6FNO2S. The minimum atomic E-state index is -0.812. The summed E-state index contributed by atoms with van der Waals surface area (Å²) in [5.41, 5.74) is -0.308. The second-order valence-electron chi connectivity index (χ2n) is 2.32. The molecular weight excluding hydrogens is 181 g/mol. The molecule has 1 rings (SSSR count). The second kappa shape index (κ2) is 3.10. The van der Waals surface area contributed by atoms with Gasteiger partial charge in [-0.3, -0.25) is 10.1 Å². The maximum Gasteiger partial charge on any atom is 0.318 e. The average Bonchev–Trinajstić information content (AvgIpc) is 1.97. The van der Waals surface area contributed by atoms with Crippen LogP contribution in [-0.4, -0.2) is 4.92 Å². The fourth-order valence-corrected chi connectivity index (χ4v) is 1.08. The first kappa shape index (κ1) is 8.99. The maximum atomic E-state index is 13.0. The van der Waals surface area contributed by atoms with Gasteiger partial charge in [-0.2, -0.15) is 4.39 Å². The molecule has 3 nitrogen and oxygen atoms in total. The van der Waals surface area contributed by atoms with Crippen LogP contribution in [0.3, 0.4) is 0 Å². The van der Waals surface area contributed by atoms with Crippen LogP contribution in [0.1, 0.15) is 5.56 Å². The molecule has 0 aliphatic rings. The Hall–Kier alpha value is -1.10. The van der Waals surface area contributed by atoms with Gasteiger partial charge in [-0.05, 0) is 18.6 Å². The van der Waals surface area contributed by atoms with Crippen molar-refractivity contribution in [2.45, 2.75) is 11.8 Å². The highest BCUT2D eigenvalue weighted by molar-refractivity contribution is 7.80. The van der Waals surface area contributed by atoms with Gasteiger partial charge in [0.2, 0.25) is 5.82 Å². The van der Waals surface area contributed by atoms with Crippen molar-refractivity contribution < 1.29 is 9.31 Å². The minimum absolute atomic E-state index is 0.0445. The van der Waals surface area contributed by atoms with E-state index in [1.807, 2.05) is 0 Å². The summed E-state index contributed by atoms with van der Waals surface area (Å²) in [4.78, 5) is 9.58. The van der Waals surface area contributed by atoms with E-state index in [9.17, 15) is 14.5 Å². The van der Waals surface area contributed by atoms with Gasteiger partial charge in [0.1, 0.15) is 0 Å². The second-order valence-corrected chi connectivity index (χ2v) is 2.80. The molecule has 0 saturated carbocycles. The summed E-state index contributed by atoms with van der Waals surface area (Å²) in [6.07, 6.45) is 0. The Kier molecular flexibility index (Phi) is 2.32. The number of nitro benzene ring substituents is 1. The Morgan fingerprint density at radius 2 is 2.17 bits per heavy atom. The number of benzene rings is 1. The molecule has 0 saturated heterocycles. The molecule has 0 bridgehead atoms. The normalized spacial score (nSPS) is 9.92. The molecule has 0 unspecified atom stereocenters. The van der Waals surface area contributed by atoms with E-state index in [1.165, 1.54) is 19.1 Å². The molecule has 0 aliphatic heterocycles. The molecule has 0 fully saturated rings. The molecule has 12 heavy (non-hydrogen) atoms. The van der Waals surface area contributed by atoms with Crippen molar-refractivity contribution in [2.75, 3.05) is 0 Å². The standard InChI is InChI=1S/C7H6FNO2S/c1-4-2-3-5(12)7(6(4)8)9(10)11/h2-3,12H,1H3. The van der Waals surface area contributed by atoms with Crippen molar-refractivity contribution in [1.82, 2.24) is 0 Å². The zero-order valence-electron chi connectivity index (χ0n) is 6.24. The number of halogens is 1. The number of rotatable bonds is 1. The third kappa shape index (κ3) is 1.40. The number of nitrogens with zero attached hydrogens (tertiary/aromatic N) is 1. The summed E-state index contributed by atoms with van der Waals surface area (Å²) >= 11 is 3.77. The lowest BCUT2D eigenvalue weighted by Gasteiger charge is -1.99. The molecule has 1 aromatic carbocycles. The summed E-state index contributed by atoms with van der Waals surface area (Å²) in [5.74, 6) is -0.812. The largest absolute Gasteiger partial charge is 0.318 e. The predicted molar refractivity (Wildman–Crippen MR) is 45.0 cm³/mol. The van der Waals surface area contributed by atoms with Crippen LogP contribution in [-0.2, 0) is 0 Å². The van der Waals surface area contributed by atoms with Crippen LogP contribution in [0, 0.1) is 22.9 Å². The van der Waals surface area contributed by atoms with Gasteiger partial charge in [0, 0.05) is 0 Å². The molecule has 64 valence electrons. The van der Waals surface area contributed by atoms with E-state index >= 15 is 0 Å². The SMILES string of the molecule is Cc1ccc(S)c([N+](=O)[O-])c1F. The van der Waals surface area contributed by atoms with Crippen LogP contribution in [0.4, 0.5) is 10.1 Å². The van der Waals surface area contributed by atoms with Gasteiger partial charge >= 0.3 is 5.69 Å². The smallest absolute Gasteiger partial charge is 0.258 e. The Morgan fingerprint density at radius 3 is 2.58 bits per heavy atom. The summed E-state index contributed by atoms with van der Waals surface area (Å²) in [6.45, 7) is 1.47. The van der Waals surface area contributed by atoms with Gasteiger partial charge in [0.05, 0.1) is 9.82 Å². The van der Waals surface area contributed by atoms with Crippen molar-refractivity contribution in [3.63, 3.8) is 0 Å². The first-order valence-corrected chi connectivity index (χ1v) is 3.61. The molecule has 0 heterocycles. The Balaban J connectivity index is 3.43. The van der Waals surface area contributed by atoms with Crippen LogP contribution < -0.4 is 0 Å². The lowest BCUT2D eigenvalue weighted by molar-refractivity contribution is -0.390. The Morgan fingerprint density at radius 1 is 1.58 bits per heavy atom. The highest BCUT2D eigenvalue weighted by Crippen LogP contribution is 2.27. The predicted octanol–water partition coefficient (Wildman–Crippen LogP) is 2.33. The van der Waals surface area contributed by atoms with Crippen LogP contribution in [0.5, 0.6) is 0 Å². The van der Waals surface area contributed by atoms with Crippen LogP contribution in [0.2, 0.25) is 0 Å². The van der Waals surface area contributed by atoms with E-state index < -0.39 is 16.4 Å². The first-order valence-electron chi connectivity index (χ1n) is 3.16. The monoisotopic (exact) mass is 187 g/mol. The minimum Gasteiger partial charge on any atom is -0.258 e.